The minimum atomic E-state index is -0.952. The zero-order valence-corrected chi connectivity index (χ0v) is 9.11. The lowest BCUT2D eigenvalue weighted by molar-refractivity contribution is -0.233. The lowest BCUT2D eigenvalue weighted by Crippen LogP contribution is -2.39. The van der Waals surface area contributed by atoms with Gasteiger partial charge in [0.1, 0.15) is 12.5 Å². The predicted molar refractivity (Wildman–Crippen MR) is 59.6 cm³/mol. The second kappa shape index (κ2) is 5.13. The third-order valence-electron chi connectivity index (χ3n) is 2.48. The Labute approximate surface area is 98.4 Å². The highest BCUT2D eigenvalue weighted by Crippen LogP contribution is 2.21. The number of hydrogen-bond acceptors (Lipinski definition) is 5. The summed E-state index contributed by atoms with van der Waals surface area (Å²) in [6, 6.07) is 8.78. The van der Waals surface area contributed by atoms with Crippen molar-refractivity contribution >= 4 is 11.8 Å². The molecule has 0 aromatic heterocycles. The van der Waals surface area contributed by atoms with Crippen LogP contribution in [0.1, 0.15) is 12.8 Å². The maximum absolute atomic E-state index is 11.5. The molecular weight excluding hydrogens is 224 g/mol. The fraction of sp³-hybridized carbons (Fsp3) is 0.364. The van der Waals surface area contributed by atoms with Gasteiger partial charge in [-0.2, -0.15) is 0 Å². The van der Waals surface area contributed by atoms with Gasteiger partial charge in [0.05, 0.1) is 0 Å². The molecule has 1 heterocycles. The van der Waals surface area contributed by atoms with E-state index in [0.717, 1.165) is 5.06 Å². The van der Waals surface area contributed by atoms with Crippen molar-refractivity contribution in [3.05, 3.63) is 30.3 Å². The Balaban J connectivity index is 1.89. The molecule has 1 aromatic rings. The summed E-state index contributed by atoms with van der Waals surface area (Å²) in [7, 11) is 0. The SMILES string of the molecule is O=C(Nc1ccccc1)ON1C(O)CCC1O. The molecule has 0 radical (unpaired) electrons. The number of nitrogens with one attached hydrogen (secondary N) is 1. The molecule has 0 spiro atoms. The number of anilines is 1. The summed E-state index contributed by atoms with van der Waals surface area (Å²) in [5, 5.41) is 22.2. The fourth-order valence-corrected chi connectivity index (χ4v) is 1.63. The minimum Gasteiger partial charge on any atom is -0.375 e. The summed E-state index contributed by atoms with van der Waals surface area (Å²) >= 11 is 0. The predicted octanol–water partition coefficient (Wildman–Crippen LogP) is 0.883. The number of hydroxylamine groups is 2. The number of aliphatic hydroxyl groups excluding tert-OH is 2. The molecule has 17 heavy (non-hydrogen) atoms. The van der Waals surface area contributed by atoms with Gasteiger partial charge in [-0.15, -0.1) is 0 Å². The number of rotatable bonds is 2. The highest BCUT2D eigenvalue weighted by Gasteiger charge is 2.34. The largest absolute Gasteiger partial charge is 0.430 e. The molecule has 2 unspecified atom stereocenters. The van der Waals surface area contributed by atoms with Crippen molar-refractivity contribution in [1.82, 2.24) is 5.06 Å². The molecule has 0 saturated carbocycles. The smallest absolute Gasteiger partial charge is 0.375 e. The number of carbonyl (C=O) groups is 1. The molecule has 6 heteroatoms. The highest BCUT2D eigenvalue weighted by molar-refractivity contribution is 5.84. The zero-order chi connectivity index (χ0) is 12.3. The Hall–Kier alpha value is -1.63. The minimum absolute atomic E-state index is 0.375. The molecular formula is C11H14N2O4. The van der Waals surface area contributed by atoms with E-state index in [4.69, 9.17) is 4.84 Å². The second-order valence-electron chi connectivity index (χ2n) is 3.77. The van der Waals surface area contributed by atoms with Gasteiger partial charge in [0.25, 0.3) is 0 Å². The summed E-state index contributed by atoms with van der Waals surface area (Å²) in [6.45, 7) is 0. The molecule has 3 N–H and O–H groups in total. The van der Waals surface area contributed by atoms with Crippen LogP contribution >= 0.6 is 0 Å². The van der Waals surface area contributed by atoms with Crippen molar-refractivity contribution < 1.29 is 19.8 Å². The van der Waals surface area contributed by atoms with Crippen LogP contribution in [0.5, 0.6) is 0 Å². The lowest BCUT2D eigenvalue weighted by atomic mass is 10.3. The van der Waals surface area contributed by atoms with Crippen molar-refractivity contribution in [3.8, 4) is 0 Å². The van der Waals surface area contributed by atoms with Gasteiger partial charge in [0.2, 0.25) is 0 Å². The van der Waals surface area contributed by atoms with E-state index in [9.17, 15) is 15.0 Å². The van der Waals surface area contributed by atoms with Gasteiger partial charge in [-0.25, -0.2) is 4.79 Å². The van der Waals surface area contributed by atoms with Gasteiger partial charge in [-0.1, -0.05) is 23.3 Å². The van der Waals surface area contributed by atoms with Crippen molar-refractivity contribution in [2.45, 2.75) is 25.3 Å². The van der Waals surface area contributed by atoms with Crippen LogP contribution < -0.4 is 5.32 Å². The van der Waals surface area contributed by atoms with E-state index in [0.29, 0.717) is 18.5 Å². The first kappa shape index (κ1) is 11.8. The third-order valence-corrected chi connectivity index (χ3v) is 2.48. The molecule has 1 saturated heterocycles. The summed E-state index contributed by atoms with van der Waals surface area (Å²) in [6.07, 6.45) is -1.89. The Bertz CT molecular complexity index is 374. The number of benzene rings is 1. The molecule has 2 atom stereocenters. The van der Waals surface area contributed by atoms with Gasteiger partial charge in [0, 0.05) is 5.69 Å². The van der Waals surface area contributed by atoms with Crippen LogP contribution in [-0.2, 0) is 4.84 Å². The van der Waals surface area contributed by atoms with Gasteiger partial charge >= 0.3 is 6.09 Å². The number of carbonyl (C=O) groups excluding carboxylic acids is 1. The normalized spacial score (nSPS) is 24.6. The van der Waals surface area contributed by atoms with Crippen LogP contribution in [0.3, 0.4) is 0 Å². The van der Waals surface area contributed by atoms with E-state index in [1.807, 2.05) is 6.07 Å². The van der Waals surface area contributed by atoms with E-state index in [-0.39, 0.29) is 0 Å². The Kier molecular flexibility index (Phi) is 3.58. The first-order valence-electron chi connectivity index (χ1n) is 5.35. The van der Waals surface area contributed by atoms with Crippen molar-refractivity contribution in [2.75, 3.05) is 5.32 Å². The topological polar surface area (TPSA) is 82.0 Å². The van der Waals surface area contributed by atoms with Gasteiger partial charge in [0.15, 0.2) is 0 Å². The number of hydrogen-bond donors (Lipinski definition) is 3. The number of para-hydroxylation sites is 1. The van der Waals surface area contributed by atoms with E-state index in [1.54, 1.807) is 24.3 Å². The number of nitrogens with zero attached hydrogens (tertiary/aromatic N) is 1. The van der Waals surface area contributed by atoms with E-state index in [2.05, 4.69) is 5.32 Å². The fourth-order valence-electron chi connectivity index (χ4n) is 1.63. The molecule has 1 aliphatic rings. The summed E-state index contributed by atoms with van der Waals surface area (Å²) in [4.78, 5) is 16.3. The third kappa shape index (κ3) is 2.94. The molecule has 0 aliphatic carbocycles. The maximum atomic E-state index is 11.5. The van der Waals surface area contributed by atoms with Gasteiger partial charge in [-0.05, 0) is 25.0 Å². The van der Waals surface area contributed by atoms with Crippen LogP contribution in [0.2, 0.25) is 0 Å². The van der Waals surface area contributed by atoms with Crippen LogP contribution in [0.25, 0.3) is 0 Å². The summed E-state index contributed by atoms with van der Waals surface area (Å²) in [5.74, 6) is 0. The molecule has 6 nitrogen and oxygen atoms in total. The van der Waals surface area contributed by atoms with Crippen LogP contribution in [-0.4, -0.2) is 33.8 Å². The first-order valence-corrected chi connectivity index (χ1v) is 5.35. The van der Waals surface area contributed by atoms with Gasteiger partial charge in [-0.3, -0.25) is 5.32 Å². The Morgan fingerprint density at radius 2 is 1.82 bits per heavy atom. The average Bonchev–Trinajstić information content (AvgIpc) is 2.62. The van der Waals surface area contributed by atoms with E-state index >= 15 is 0 Å². The molecule has 1 amide bonds. The van der Waals surface area contributed by atoms with Crippen LogP contribution in [0, 0.1) is 0 Å². The molecule has 1 aromatic carbocycles. The van der Waals surface area contributed by atoms with Crippen LogP contribution in [0.15, 0.2) is 30.3 Å². The molecule has 1 aliphatic heterocycles. The molecule has 92 valence electrons. The Morgan fingerprint density at radius 1 is 1.24 bits per heavy atom. The summed E-state index contributed by atoms with van der Waals surface area (Å²) in [5.41, 5.74) is 0.584. The van der Waals surface area contributed by atoms with E-state index < -0.39 is 18.5 Å². The van der Waals surface area contributed by atoms with Crippen molar-refractivity contribution in [2.24, 2.45) is 0 Å². The second-order valence-corrected chi connectivity index (χ2v) is 3.77. The number of amides is 1. The monoisotopic (exact) mass is 238 g/mol. The number of aliphatic hydroxyl groups is 2. The van der Waals surface area contributed by atoms with Gasteiger partial charge < -0.3 is 15.1 Å². The molecule has 0 bridgehead atoms. The zero-order valence-electron chi connectivity index (χ0n) is 9.11. The summed E-state index contributed by atoms with van der Waals surface area (Å²) < 4.78 is 0. The first-order chi connectivity index (χ1) is 8.16. The molecule has 1 fully saturated rings. The average molecular weight is 238 g/mol. The lowest BCUT2D eigenvalue weighted by Gasteiger charge is -2.21. The van der Waals surface area contributed by atoms with E-state index in [1.165, 1.54) is 0 Å². The molecule has 2 rings (SSSR count). The standard InChI is InChI=1S/C11H14N2O4/c14-9-6-7-10(15)13(9)17-11(16)12-8-4-2-1-3-5-8/h1-5,9-10,14-15H,6-7H2,(H,12,16). The highest BCUT2D eigenvalue weighted by atomic mass is 16.8. The Morgan fingerprint density at radius 3 is 2.41 bits per heavy atom. The van der Waals surface area contributed by atoms with Crippen molar-refractivity contribution in [3.63, 3.8) is 0 Å². The maximum Gasteiger partial charge on any atom is 0.430 e. The van der Waals surface area contributed by atoms with Crippen LogP contribution in [0.4, 0.5) is 10.5 Å². The quantitative estimate of drug-likeness (QED) is 0.712. The van der Waals surface area contributed by atoms with Crippen molar-refractivity contribution in [1.29, 1.82) is 0 Å².